The Balaban J connectivity index is 0.00000176. The Hall–Kier alpha value is -1.86. The van der Waals surface area contributed by atoms with Gasteiger partial charge in [0.25, 0.3) is 5.56 Å². The normalized spacial score (nSPS) is 14.9. The summed E-state index contributed by atoms with van der Waals surface area (Å²) in [6.45, 7) is 6.95. The van der Waals surface area contributed by atoms with Crippen molar-refractivity contribution in [3.8, 4) is 0 Å². The van der Waals surface area contributed by atoms with Gasteiger partial charge in [-0.1, -0.05) is 0 Å². The number of nitrogens with zero attached hydrogens (tertiary/aromatic N) is 3. The van der Waals surface area contributed by atoms with Crippen molar-refractivity contribution in [2.75, 3.05) is 26.2 Å². The Morgan fingerprint density at radius 2 is 2.00 bits per heavy atom. The van der Waals surface area contributed by atoms with Gasteiger partial charge in [-0.05, 0) is 13.8 Å². The molecule has 7 nitrogen and oxygen atoms in total. The molecule has 120 valence electrons. The first-order valence-electron chi connectivity index (χ1n) is 7.12. The standard InChI is InChI=1S/C14H19N5O2.ClH/c1-9-11(7-14(21)18-5-3-15-4-6-18)10(2)19-12(16-9)8-13(20)17-19;/h8,15H,3-7H2,1-2H3,(H,17,20);1H. The van der Waals surface area contributed by atoms with E-state index in [1.807, 2.05) is 18.7 Å². The Morgan fingerprint density at radius 1 is 1.32 bits per heavy atom. The fraction of sp³-hybridized carbons (Fsp3) is 0.500. The molecule has 1 amide bonds. The van der Waals surface area contributed by atoms with Crippen molar-refractivity contribution in [1.29, 1.82) is 0 Å². The fourth-order valence-electron chi connectivity index (χ4n) is 2.79. The first-order valence-corrected chi connectivity index (χ1v) is 7.12. The van der Waals surface area contributed by atoms with Crippen molar-refractivity contribution < 1.29 is 4.79 Å². The minimum Gasteiger partial charge on any atom is -0.340 e. The van der Waals surface area contributed by atoms with Gasteiger partial charge in [0.2, 0.25) is 5.91 Å². The van der Waals surface area contributed by atoms with Crippen LogP contribution in [0, 0.1) is 13.8 Å². The minimum atomic E-state index is -0.185. The number of carbonyl (C=O) groups excluding carboxylic acids is 1. The number of carbonyl (C=O) groups is 1. The summed E-state index contributed by atoms with van der Waals surface area (Å²) < 4.78 is 1.65. The van der Waals surface area contributed by atoms with Crippen LogP contribution in [0.25, 0.3) is 5.65 Å². The van der Waals surface area contributed by atoms with E-state index in [1.54, 1.807) is 4.52 Å². The highest BCUT2D eigenvalue weighted by molar-refractivity contribution is 5.85. The van der Waals surface area contributed by atoms with Crippen LogP contribution >= 0.6 is 12.4 Å². The fourth-order valence-corrected chi connectivity index (χ4v) is 2.79. The highest BCUT2D eigenvalue weighted by atomic mass is 35.5. The second kappa shape index (κ2) is 6.50. The molecule has 1 aliphatic rings. The smallest absolute Gasteiger partial charge is 0.266 e. The van der Waals surface area contributed by atoms with Crippen molar-refractivity contribution >= 4 is 24.0 Å². The Labute approximate surface area is 134 Å². The number of fused-ring (bicyclic) bond motifs is 1. The molecule has 2 N–H and O–H groups in total. The van der Waals surface area contributed by atoms with E-state index in [-0.39, 0.29) is 23.9 Å². The van der Waals surface area contributed by atoms with Gasteiger partial charge in [0.15, 0.2) is 5.65 Å². The van der Waals surface area contributed by atoms with E-state index in [2.05, 4.69) is 15.4 Å². The summed E-state index contributed by atoms with van der Waals surface area (Å²) in [7, 11) is 0. The van der Waals surface area contributed by atoms with E-state index in [0.29, 0.717) is 12.1 Å². The Kier molecular flexibility index (Phi) is 4.87. The lowest BCUT2D eigenvalue weighted by Crippen LogP contribution is -2.47. The molecule has 8 heteroatoms. The van der Waals surface area contributed by atoms with Gasteiger partial charge in [-0.25, -0.2) is 9.50 Å². The van der Waals surface area contributed by atoms with E-state index in [0.717, 1.165) is 43.1 Å². The number of halogens is 1. The molecule has 1 aliphatic heterocycles. The molecule has 0 saturated carbocycles. The minimum absolute atomic E-state index is 0. The zero-order valence-corrected chi connectivity index (χ0v) is 13.5. The van der Waals surface area contributed by atoms with Crippen molar-refractivity contribution in [3.63, 3.8) is 0 Å². The Morgan fingerprint density at radius 3 is 2.68 bits per heavy atom. The number of rotatable bonds is 2. The number of hydrogen-bond donors (Lipinski definition) is 2. The number of hydrogen-bond acceptors (Lipinski definition) is 4. The molecular formula is C14H20ClN5O2. The van der Waals surface area contributed by atoms with Gasteiger partial charge in [-0.15, -0.1) is 12.4 Å². The predicted octanol–water partition coefficient (Wildman–Crippen LogP) is 0.0355. The third-order valence-electron chi connectivity index (χ3n) is 4.00. The van der Waals surface area contributed by atoms with Crippen molar-refractivity contribution in [1.82, 2.24) is 24.8 Å². The molecule has 2 aromatic rings. The van der Waals surface area contributed by atoms with E-state index in [4.69, 9.17) is 0 Å². The van der Waals surface area contributed by atoms with E-state index in [1.165, 1.54) is 6.07 Å². The van der Waals surface area contributed by atoms with Crippen LogP contribution in [0.4, 0.5) is 0 Å². The van der Waals surface area contributed by atoms with Gasteiger partial charge in [-0.3, -0.25) is 14.7 Å². The van der Waals surface area contributed by atoms with Gasteiger partial charge in [-0.2, -0.15) is 0 Å². The molecule has 2 aromatic heterocycles. The highest BCUT2D eigenvalue weighted by Gasteiger charge is 2.20. The van der Waals surface area contributed by atoms with Crippen molar-refractivity contribution in [2.24, 2.45) is 0 Å². The molecule has 3 rings (SSSR count). The quantitative estimate of drug-likeness (QED) is 0.816. The highest BCUT2D eigenvalue weighted by Crippen LogP contribution is 2.15. The average molecular weight is 326 g/mol. The number of H-pyrrole nitrogens is 1. The monoisotopic (exact) mass is 325 g/mol. The number of piperazine rings is 1. The van der Waals surface area contributed by atoms with Gasteiger partial charge in [0.1, 0.15) is 0 Å². The predicted molar refractivity (Wildman–Crippen MR) is 85.7 cm³/mol. The molecule has 0 spiro atoms. The lowest BCUT2D eigenvalue weighted by atomic mass is 10.1. The number of aryl methyl sites for hydroxylation is 2. The summed E-state index contributed by atoms with van der Waals surface area (Å²) in [5.41, 5.74) is 2.96. The molecule has 0 aromatic carbocycles. The number of aromatic amines is 1. The average Bonchev–Trinajstić information content (AvgIpc) is 2.85. The summed E-state index contributed by atoms with van der Waals surface area (Å²) in [5, 5.41) is 5.94. The molecule has 0 radical (unpaired) electrons. The second-order valence-corrected chi connectivity index (χ2v) is 5.38. The van der Waals surface area contributed by atoms with E-state index < -0.39 is 0 Å². The molecule has 3 heterocycles. The van der Waals surface area contributed by atoms with Crippen LogP contribution in [0.1, 0.15) is 17.0 Å². The summed E-state index contributed by atoms with van der Waals surface area (Å²) in [5.74, 6) is 0.110. The molecule has 22 heavy (non-hydrogen) atoms. The van der Waals surface area contributed by atoms with Gasteiger partial charge >= 0.3 is 0 Å². The van der Waals surface area contributed by atoms with Crippen LogP contribution in [0.3, 0.4) is 0 Å². The topological polar surface area (TPSA) is 82.5 Å². The van der Waals surface area contributed by atoms with Gasteiger partial charge in [0.05, 0.1) is 6.42 Å². The molecule has 0 aliphatic carbocycles. The molecule has 0 bridgehead atoms. The zero-order chi connectivity index (χ0) is 15.0. The first kappa shape index (κ1) is 16.5. The third-order valence-corrected chi connectivity index (χ3v) is 4.00. The van der Waals surface area contributed by atoms with Crippen LogP contribution < -0.4 is 10.9 Å². The van der Waals surface area contributed by atoms with E-state index >= 15 is 0 Å². The molecule has 1 fully saturated rings. The summed E-state index contributed by atoms with van der Waals surface area (Å²) in [6, 6.07) is 1.46. The first-order chi connectivity index (χ1) is 10.1. The summed E-state index contributed by atoms with van der Waals surface area (Å²) in [6.07, 6.45) is 0.320. The van der Waals surface area contributed by atoms with Gasteiger partial charge < -0.3 is 10.2 Å². The maximum absolute atomic E-state index is 12.4. The number of nitrogens with one attached hydrogen (secondary N) is 2. The van der Waals surface area contributed by atoms with Crippen LogP contribution in [-0.4, -0.2) is 51.6 Å². The van der Waals surface area contributed by atoms with E-state index in [9.17, 15) is 9.59 Å². The lowest BCUT2D eigenvalue weighted by molar-refractivity contribution is -0.131. The summed E-state index contributed by atoms with van der Waals surface area (Å²) in [4.78, 5) is 30.1. The Bertz CT molecular complexity index is 746. The van der Waals surface area contributed by atoms with Crippen LogP contribution in [0.5, 0.6) is 0 Å². The zero-order valence-electron chi connectivity index (χ0n) is 12.7. The van der Waals surface area contributed by atoms with Crippen LogP contribution in [-0.2, 0) is 11.2 Å². The second-order valence-electron chi connectivity index (χ2n) is 5.38. The molecule has 1 saturated heterocycles. The maximum atomic E-state index is 12.4. The number of aromatic nitrogens is 3. The summed E-state index contributed by atoms with van der Waals surface area (Å²) >= 11 is 0. The third kappa shape index (κ3) is 3.00. The molecule has 0 atom stereocenters. The van der Waals surface area contributed by atoms with Crippen molar-refractivity contribution in [3.05, 3.63) is 33.4 Å². The van der Waals surface area contributed by atoms with Crippen LogP contribution in [0.15, 0.2) is 10.9 Å². The lowest BCUT2D eigenvalue weighted by Gasteiger charge is -2.27. The van der Waals surface area contributed by atoms with Crippen molar-refractivity contribution in [2.45, 2.75) is 20.3 Å². The molecular weight excluding hydrogens is 306 g/mol. The van der Waals surface area contributed by atoms with Gasteiger partial charge in [0, 0.05) is 49.2 Å². The molecule has 0 unspecified atom stereocenters. The van der Waals surface area contributed by atoms with Crippen LogP contribution in [0.2, 0.25) is 0 Å². The maximum Gasteiger partial charge on any atom is 0.266 e. The SMILES string of the molecule is Cc1nc2cc(=O)[nH]n2c(C)c1CC(=O)N1CCNCC1.Cl. The number of amides is 1. The largest absolute Gasteiger partial charge is 0.340 e.